The smallest absolute Gasteiger partial charge is 0.326 e. The van der Waals surface area contributed by atoms with Gasteiger partial charge in [-0.1, -0.05) is 0 Å². The van der Waals surface area contributed by atoms with Crippen molar-refractivity contribution in [3.8, 4) is 11.8 Å². The molecule has 5 nitrogen and oxygen atoms in total. The first kappa shape index (κ1) is 12.8. The lowest BCUT2D eigenvalue weighted by Gasteiger charge is -2.24. The van der Waals surface area contributed by atoms with Crippen molar-refractivity contribution in [2.24, 2.45) is 0 Å². The van der Waals surface area contributed by atoms with E-state index in [-0.39, 0.29) is 0 Å². The number of hydrogen-bond donors (Lipinski definition) is 1. The van der Waals surface area contributed by atoms with Gasteiger partial charge in [0.1, 0.15) is 17.9 Å². The van der Waals surface area contributed by atoms with Crippen molar-refractivity contribution < 1.29 is 14.6 Å². The number of anilines is 1. The van der Waals surface area contributed by atoms with E-state index >= 15 is 0 Å². The molecule has 1 unspecified atom stereocenters. The number of nitriles is 1. The summed E-state index contributed by atoms with van der Waals surface area (Å²) in [6.07, 6.45) is 0. The van der Waals surface area contributed by atoms with Gasteiger partial charge in [0, 0.05) is 13.1 Å². The molecule has 0 saturated carbocycles. The average Bonchev–Trinajstić information content (AvgIpc) is 2.35. The van der Waals surface area contributed by atoms with Crippen LogP contribution in [0.1, 0.15) is 12.5 Å². The Hall–Kier alpha value is -2.22. The van der Waals surface area contributed by atoms with Crippen LogP contribution in [-0.2, 0) is 4.79 Å². The number of nitrogens with zero attached hydrogens (tertiary/aromatic N) is 2. The molecule has 0 heterocycles. The molecule has 0 aliphatic carbocycles. The molecule has 1 aromatic rings. The van der Waals surface area contributed by atoms with Crippen LogP contribution in [0.25, 0.3) is 0 Å². The standard InChI is InChI=1S/C12H14N2O3/c1-8(12(15)16)14(2)11-6-10(17-3)5-4-9(11)7-13/h4-6,8H,1-3H3,(H,15,16). The molecule has 5 heteroatoms. The van der Waals surface area contributed by atoms with Crippen LogP contribution in [0, 0.1) is 11.3 Å². The molecule has 0 amide bonds. The fraction of sp³-hybridized carbons (Fsp3) is 0.333. The summed E-state index contributed by atoms with van der Waals surface area (Å²) in [5, 5.41) is 17.9. The zero-order valence-corrected chi connectivity index (χ0v) is 9.97. The summed E-state index contributed by atoms with van der Waals surface area (Å²) in [6.45, 7) is 1.56. The van der Waals surface area contributed by atoms with E-state index in [1.807, 2.05) is 6.07 Å². The summed E-state index contributed by atoms with van der Waals surface area (Å²) in [5.74, 6) is -0.359. The number of ether oxygens (including phenoxy) is 1. The molecule has 0 aromatic heterocycles. The largest absolute Gasteiger partial charge is 0.497 e. The lowest BCUT2D eigenvalue weighted by atomic mass is 10.1. The van der Waals surface area contributed by atoms with E-state index in [0.717, 1.165) is 0 Å². The highest BCUT2D eigenvalue weighted by molar-refractivity contribution is 5.78. The summed E-state index contributed by atoms with van der Waals surface area (Å²) in [4.78, 5) is 12.4. The molecule has 0 aliphatic heterocycles. The Morgan fingerprint density at radius 1 is 1.59 bits per heavy atom. The number of carbonyl (C=O) groups is 1. The molecule has 0 aliphatic rings. The Kier molecular flexibility index (Phi) is 3.94. The maximum atomic E-state index is 10.9. The monoisotopic (exact) mass is 234 g/mol. The van der Waals surface area contributed by atoms with Gasteiger partial charge >= 0.3 is 5.97 Å². The van der Waals surface area contributed by atoms with Gasteiger partial charge in [-0.05, 0) is 19.1 Å². The van der Waals surface area contributed by atoms with Crippen molar-refractivity contribution in [1.29, 1.82) is 5.26 Å². The number of carboxylic acids is 1. The van der Waals surface area contributed by atoms with Crippen molar-refractivity contribution in [1.82, 2.24) is 0 Å². The lowest BCUT2D eigenvalue weighted by molar-refractivity contribution is -0.138. The van der Waals surface area contributed by atoms with Crippen molar-refractivity contribution in [2.45, 2.75) is 13.0 Å². The van der Waals surface area contributed by atoms with E-state index < -0.39 is 12.0 Å². The molecule has 1 rings (SSSR count). The number of benzene rings is 1. The van der Waals surface area contributed by atoms with E-state index in [0.29, 0.717) is 17.0 Å². The Morgan fingerprint density at radius 2 is 2.24 bits per heavy atom. The minimum Gasteiger partial charge on any atom is -0.497 e. The third-order valence-corrected chi connectivity index (χ3v) is 2.64. The Bertz CT molecular complexity index is 465. The number of aliphatic carboxylic acids is 1. The quantitative estimate of drug-likeness (QED) is 0.854. The van der Waals surface area contributed by atoms with Gasteiger partial charge in [0.25, 0.3) is 0 Å². The molecule has 1 atom stereocenters. The van der Waals surface area contributed by atoms with Gasteiger partial charge in [0.15, 0.2) is 0 Å². The maximum Gasteiger partial charge on any atom is 0.326 e. The van der Waals surface area contributed by atoms with Gasteiger partial charge in [0.05, 0.1) is 18.4 Å². The Balaban J connectivity index is 3.19. The normalized spacial score (nSPS) is 11.4. The molecule has 0 saturated heterocycles. The van der Waals surface area contributed by atoms with Crippen LogP contribution in [0.4, 0.5) is 5.69 Å². The van der Waals surface area contributed by atoms with Crippen molar-refractivity contribution >= 4 is 11.7 Å². The minimum absolute atomic E-state index is 0.418. The summed E-state index contributed by atoms with van der Waals surface area (Å²) in [5.41, 5.74) is 0.961. The van der Waals surface area contributed by atoms with E-state index in [2.05, 4.69) is 0 Å². The van der Waals surface area contributed by atoms with Gasteiger partial charge in [0.2, 0.25) is 0 Å². The lowest BCUT2D eigenvalue weighted by Crippen LogP contribution is -2.36. The second kappa shape index (κ2) is 5.21. The number of methoxy groups -OCH3 is 1. The number of carboxylic acid groups (broad SMARTS) is 1. The second-order valence-corrected chi connectivity index (χ2v) is 3.62. The fourth-order valence-corrected chi connectivity index (χ4v) is 1.40. The number of hydrogen-bond acceptors (Lipinski definition) is 4. The molecular formula is C12H14N2O3. The first-order valence-electron chi connectivity index (χ1n) is 5.05. The van der Waals surface area contributed by atoms with Gasteiger partial charge in [-0.3, -0.25) is 0 Å². The topological polar surface area (TPSA) is 73.6 Å². The number of rotatable bonds is 4. The number of likely N-dealkylation sites (N-methyl/N-ethyl adjacent to an activating group) is 1. The predicted octanol–water partition coefficient (Wildman–Crippen LogP) is 1.48. The van der Waals surface area contributed by atoms with Gasteiger partial charge in [-0.25, -0.2) is 4.79 Å². The molecule has 17 heavy (non-hydrogen) atoms. The first-order chi connectivity index (χ1) is 8.01. The second-order valence-electron chi connectivity index (χ2n) is 3.62. The molecule has 0 radical (unpaired) electrons. The first-order valence-corrected chi connectivity index (χ1v) is 5.05. The van der Waals surface area contributed by atoms with Gasteiger partial charge in [-0.2, -0.15) is 5.26 Å². The zero-order chi connectivity index (χ0) is 13.0. The molecule has 1 N–H and O–H groups in total. The zero-order valence-electron chi connectivity index (χ0n) is 9.97. The minimum atomic E-state index is -0.945. The van der Waals surface area contributed by atoms with E-state index in [9.17, 15) is 4.79 Å². The van der Waals surface area contributed by atoms with Crippen LogP contribution in [0.3, 0.4) is 0 Å². The van der Waals surface area contributed by atoms with E-state index in [1.54, 1.807) is 32.2 Å². The fourth-order valence-electron chi connectivity index (χ4n) is 1.40. The molecule has 0 bridgehead atoms. The van der Waals surface area contributed by atoms with Crippen LogP contribution in [-0.4, -0.2) is 31.3 Å². The molecule has 1 aromatic carbocycles. The van der Waals surface area contributed by atoms with Crippen LogP contribution < -0.4 is 9.64 Å². The summed E-state index contributed by atoms with van der Waals surface area (Å²) < 4.78 is 5.06. The molecule has 0 fully saturated rings. The predicted molar refractivity (Wildman–Crippen MR) is 63.2 cm³/mol. The van der Waals surface area contributed by atoms with Crippen LogP contribution >= 0.6 is 0 Å². The van der Waals surface area contributed by atoms with E-state index in [1.165, 1.54) is 12.0 Å². The Labute approximate surface area is 99.8 Å². The third-order valence-electron chi connectivity index (χ3n) is 2.64. The van der Waals surface area contributed by atoms with Crippen LogP contribution in [0.5, 0.6) is 5.75 Å². The SMILES string of the molecule is COc1ccc(C#N)c(N(C)C(C)C(=O)O)c1. The van der Waals surface area contributed by atoms with Gasteiger partial charge < -0.3 is 14.7 Å². The summed E-state index contributed by atoms with van der Waals surface area (Å²) >= 11 is 0. The van der Waals surface area contributed by atoms with Gasteiger partial charge in [-0.15, -0.1) is 0 Å². The Morgan fingerprint density at radius 3 is 2.71 bits per heavy atom. The summed E-state index contributed by atoms with van der Waals surface area (Å²) in [7, 11) is 3.15. The van der Waals surface area contributed by atoms with Crippen LogP contribution in [0.2, 0.25) is 0 Å². The molecule has 0 spiro atoms. The molecular weight excluding hydrogens is 220 g/mol. The van der Waals surface area contributed by atoms with Crippen molar-refractivity contribution in [3.05, 3.63) is 23.8 Å². The summed E-state index contributed by atoms with van der Waals surface area (Å²) in [6, 6.07) is 6.25. The van der Waals surface area contributed by atoms with Crippen molar-refractivity contribution in [2.75, 3.05) is 19.1 Å². The average molecular weight is 234 g/mol. The highest BCUT2D eigenvalue weighted by Gasteiger charge is 2.20. The third kappa shape index (κ3) is 2.67. The van der Waals surface area contributed by atoms with E-state index in [4.69, 9.17) is 15.1 Å². The van der Waals surface area contributed by atoms with Crippen LogP contribution in [0.15, 0.2) is 18.2 Å². The maximum absolute atomic E-state index is 10.9. The highest BCUT2D eigenvalue weighted by Crippen LogP contribution is 2.26. The highest BCUT2D eigenvalue weighted by atomic mass is 16.5. The van der Waals surface area contributed by atoms with Crippen molar-refractivity contribution in [3.63, 3.8) is 0 Å². The molecule has 90 valence electrons.